The summed E-state index contributed by atoms with van der Waals surface area (Å²) in [6.45, 7) is 0. The second kappa shape index (κ2) is 3.48. The van der Waals surface area contributed by atoms with Crippen molar-refractivity contribution in [2.75, 3.05) is 0 Å². The van der Waals surface area contributed by atoms with E-state index in [9.17, 15) is 14.6 Å². The molecule has 0 saturated heterocycles. The van der Waals surface area contributed by atoms with Crippen LogP contribution in [0, 0.1) is 0 Å². The van der Waals surface area contributed by atoms with Crippen molar-refractivity contribution in [2.45, 2.75) is 12.8 Å². The van der Waals surface area contributed by atoms with Gasteiger partial charge in [-0.15, -0.1) is 0 Å². The minimum Gasteiger partial charge on any atom is -0.507 e. The van der Waals surface area contributed by atoms with E-state index in [0.717, 1.165) is 0 Å². The highest BCUT2D eigenvalue weighted by molar-refractivity contribution is 5.95. The van der Waals surface area contributed by atoms with E-state index in [-0.39, 0.29) is 23.7 Å². The van der Waals surface area contributed by atoms with Crippen LogP contribution in [0.5, 0.6) is 11.5 Å². The molecule has 2 aromatic carbocycles. The Kier molecular flexibility index (Phi) is 2.08. The molecule has 1 aliphatic carbocycles. The van der Waals surface area contributed by atoms with E-state index in [0.29, 0.717) is 28.3 Å². The zero-order chi connectivity index (χ0) is 12.0. The largest absolute Gasteiger partial charge is 0.507 e. The van der Waals surface area contributed by atoms with Gasteiger partial charge in [0.15, 0.2) is 0 Å². The van der Waals surface area contributed by atoms with Gasteiger partial charge in [0.25, 0.3) is 0 Å². The normalized spacial score (nSPS) is 14.5. The Bertz CT molecular complexity index is 644. The van der Waals surface area contributed by atoms with Gasteiger partial charge < -0.3 is 10.2 Å². The van der Waals surface area contributed by atoms with Crippen molar-refractivity contribution in [1.29, 1.82) is 0 Å². The van der Waals surface area contributed by atoms with Gasteiger partial charge in [0.1, 0.15) is 17.3 Å². The van der Waals surface area contributed by atoms with E-state index >= 15 is 0 Å². The minimum atomic E-state index is -0.262. The first-order valence-corrected chi connectivity index (χ1v) is 5.47. The molecular weight excluding hydrogens is 219 g/mol. The lowest BCUT2D eigenvalue weighted by atomic mass is 9.90. The molecule has 0 aromatic heterocycles. The number of aromatic hydroxyl groups is 2. The Labute approximate surface area is 97.6 Å². The smallest absolute Gasteiger partial charge is 0.127 e. The SMILES string of the molecule is Oc1c2c(c(O)c3ccccc13)CC(F)=CC2. The minimum absolute atomic E-state index is 0.0551. The predicted molar refractivity (Wildman–Crippen MR) is 63.9 cm³/mol. The Morgan fingerprint density at radius 3 is 2.18 bits per heavy atom. The second-order valence-electron chi connectivity index (χ2n) is 4.23. The summed E-state index contributed by atoms with van der Waals surface area (Å²) in [6.07, 6.45) is 1.82. The van der Waals surface area contributed by atoms with Gasteiger partial charge in [-0.1, -0.05) is 24.3 Å². The van der Waals surface area contributed by atoms with Gasteiger partial charge in [0.2, 0.25) is 0 Å². The fourth-order valence-electron chi connectivity index (χ4n) is 2.37. The molecule has 2 N–H and O–H groups in total. The summed E-state index contributed by atoms with van der Waals surface area (Å²) in [7, 11) is 0. The third kappa shape index (κ3) is 1.39. The zero-order valence-corrected chi connectivity index (χ0v) is 9.07. The standard InChI is InChI=1S/C14H11FO2/c15-8-5-6-11-12(7-8)14(17)10-4-2-1-3-9(10)13(11)16/h1-5,16-17H,6-7H2. The van der Waals surface area contributed by atoms with Crippen molar-refractivity contribution in [1.82, 2.24) is 0 Å². The fraction of sp³-hybridized carbons (Fsp3) is 0.143. The monoisotopic (exact) mass is 230 g/mol. The van der Waals surface area contributed by atoms with Crippen molar-refractivity contribution in [3.05, 3.63) is 47.3 Å². The highest BCUT2D eigenvalue weighted by atomic mass is 19.1. The van der Waals surface area contributed by atoms with Gasteiger partial charge in [-0.05, 0) is 12.5 Å². The van der Waals surface area contributed by atoms with Crippen LogP contribution in [0.15, 0.2) is 36.2 Å². The Balaban J connectivity index is 2.40. The number of allylic oxidation sites excluding steroid dienone is 2. The maximum atomic E-state index is 13.2. The van der Waals surface area contributed by atoms with Crippen LogP contribution in [-0.2, 0) is 12.8 Å². The molecule has 0 unspecified atom stereocenters. The first-order valence-electron chi connectivity index (χ1n) is 5.47. The van der Waals surface area contributed by atoms with Crippen molar-refractivity contribution >= 4 is 10.8 Å². The molecule has 86 valence electrons. The molecule has 3 rings (SSSR count). The van der Waals surface area contributed by atoms with Crippen LogP contribution in [0.1, 0.15) is 11.1 Å². The van der Waals surface area contributed by atoms with E-state index < -0.39 is 0 Å². The van der Waals surface area contributed by atoms with E-state index in [1.54, 1.807) is 24.3 Å². The van der Waals surface area contributed by atoms with Crippen molar-refractivity contribution < 1.29 is 14.6 Å². The highest BCUT2D eigenvalue weighted by Crippen LogP contribution is 2.42. The van der Waals surface area contributed by atoms with Gasteiger partial charge in [0, 0.05) is 28.3 Å². The summed E-state index contributed by atoms with van der Waals surface area (Å²) in [6, 6.07) is 7.05. The van der Waals surface area contributed by atoms with Crippen molar-refractivity contribution in [2.24, 2.45) is 0 Å². The first kappa shape index (κ1) is 10.1. The number of rotatable bonds is 0. The average Bonchev–Trinajstić information content (AvgIpc) is 2.36. The molecule has 2 nitrogen and oxygen atoms in total. The van der Waals surface area contributed by atoms with Gasteiger partial charge >= 0.3 is 0 Å². The Morgan fingerprint density at radius 1 is 0.941 bits per heavy atom. The number of hydrogen-bond acceptors (Lipinski definition) is 2. The third-order valence-corrected chi connectivity index (χ3v) is 3.25. The van der Waals surface area contributed by atoms with Crippen LogP contribution < -0.4 is 0 Å². The topological polar surface area (TPSA) is 40.5 Å². The van der Waals surface area contributed by atoms with Crippen molar-refractivity contribution in [3.8, 4) is 11.5 Å². The summed E-state index contributed by atoms with van der Waals surface area (Å²) in [5.41, 5.74) is 1.13. The first-order chi connectivity index (χ1) is 8.18. The molecule has 0 bridgehead atoms. The van der Waals surface area contributed by atoms with E-state index in [1.165, 1.54) is 6.08 Å². The van der Waals surface area contributed by atoms with Crippen LogP contribution in [0.3, 0.4) is 0 Å². The molecule has 0 radical (unpaired) electrons. The number of hydrogen-bond donors (Lipinski definition) is 2. The summed E-state index contributed by atoms with van der Waals surface area (Å²) in [5.74, 6) is -0.0312. The maximum Gasteiger partial charge on any atom is 0.127 e. The quantitative estimate of drug-likeness (QED) is 0.682. The third-order valence-electron chi connectivity index (χ3n) is 3.25. The maximum absolute atomic E-state index is 13.2. The van der Waals surface area contributed by atoms with Crippen LogP contribution in [0.2, 0.25) is 0 Å². The second-order valence-corrected chi connectivity index (χ2v) is 4.23. The highest BCUT2D eigenvalue weighted by Gasteiger charge is 2.21. The molecule has 3 heteroatoms. The molecule has 2 aromatic rings. The van der Waals surface area contributed by atoms with E-state index in [4.69, 9.17) is 0 Å². The molecule has 0 amide bonds. The molecule has 0 saturated carbocycles. The van der Waals surface area contributed by atoms with Crippen LogP contribution in [-0.4, -0.2) is 10.2 Å². The summed E-state index contributed by atoms with van der Waals surface area (Å²) in [5, 5.41) is 21.5. The number of halogens is 1. The van der Waals surface area contributed by atoms with Gasteiger partial charge in [-0.2, -0.15) is 0 Å². The fourth-order valence-corrected chi connectivity index (χ4v) is 2.37. The molecule has 0 fully saturated rings. The summed E-state index contributed by atoms with van der Waals surface area (Å²) >= 11 is 0. The molecular formula is C14H11FO2. The van der Waals surface area contributed by atoms with Gasteiger partial charge in [-0.3, -0.25) is 0 Å². The van der Waals surface area contributed by atoms with Crippen molar-refractivity contribution in [3.63, 3.8) is 0 Å². The number of phenols is 2. The molecule has 0 atom stereocenters. The number of benzene rings is 2. The zero-order valence-electron chi connectivity index (χ0n) is 9.07. The Morgan fingerprint density at radius 2 is 1.53 bits per heavy atom. The van der Waals surface area contributed by atoms with Crippen LogP contribution in [0.4, 0.5) is 4.39 Å². The predicted octanol–water partition coefficient (Wildman–Crippen LogP) is 3.20. The van der Waals surface area contributed by atoms with Gasteiger partial charge in [-0.25, -0.2) is 4.39 Å². The van der Waals surface area contributed by atoms with E-state index in [1.807, 2.05) is 0 Å². The lowest BCUT2D eigenvalue weighted by Gasteiger charge is -2.18. The summed E-state index contributed by atoms with van der Waals surface area (Å²) < 4.78 is 13.2. The summed E-state index contributed by atoms with van der Waals surface area (Å²) in [4.78, 5) is 0. The average molecular weight is 230 g/mol. The molecule has 1 aliphatic rings. The molecule has 0 heterocycles. The van der Waals surface area contributed by atoms with E-state index in [2.05, 4.69) is 0 Å². The van der Waals surface area contributed by atoms with Crippen LogP contribution in [0.25, 0.3) is 10.8 Å². The molecule has 0 spiro atoms. The number of fused-ring (bicyclic) bond motifs is 2. The van der Waals surface area contributed by atoms with Crippen LogP contribution >= 0.6 is 0 Å². The van der Waals surface area contributed by atoms with Gasteiger partial charge in [0.05, 0.1) is 0 Å². The number of phenolic OH excluding ortho intramolecular Hbond substituents is 2. The lowest BCUT2D eigenvalue weighted by molar-refractivity contribution is 0.454. The lowest BCUT2D eigenvalue weighted by Crippen LogP contribution is -2.02. The molecule has 0 aliphatic heterocycles. The Hall–Kier alpha value is -2.03. The molecule has 17 heavy (non-hydrogen) atoms.